The third-order valence-corrected chi connectivity index (χ3v) is 11.7. The van der Waals surface area contributed by atoms with E-state index in [9.17, 15) is 39.9 Å². The first kappa shape index (κ1) is 46.2. The van der Waals surface area contributed by atoms with Crippen LogP contribution in [0.4, 0.5) is 0 Å². The lowest BCUT2D eigenvalue weighted by Crippen LogP contribution is -2.69. The highest BCUT2D eigenvalue weighted by Gasteiger charge is 2.74. The first-order chi connectivity index (χ1) is 26.2. The van der Waals surface area contributed by atoms with Gasteiger partial charge in [-0.15, -0.1) is 0 Å². The van der Waals surface area contributed by atoms with Crippen molar-refractivity contribution in [2.24, 2.45) is 28.1 Å². The van der Waals surface area contributed by atoms with E-state index >= 15 is 14.4 Å². The van der Waals surface area contributed by atoms with Crippen molar-refractivity contribution in [1.82, 2.24) is 0 Å². The van der Waals surface area contributed by atoms with Crippen LogP contribution in [0, 0.1) is 28.1 Å². The number of phenols is 1. The van der Waals surface area contributed by atoms with Gasteiger partial charge in [-0.25, -0.2) is 9.59 Å². The lowest BCUT2D eigenvalue weighted by Gasteiger charge is -2.60. The number of aliphatic hydroxyl groups is 3. The van der Waals surface area contributed by atoms with Crippen LogP contribution in [0.1, 0.15) is 106 Å². The molecule has 0 spiro atoms. The van der Waals surface area contributed by atoms with Crippen LogP contribution in [0.5, 0.6) is 11.5 Å². The molecule has 0 saturated heterocycles. The van der Waals surface area contributed by atoms with Gasteiger partial charge in [0.15, 0.2) is 35.0 Å². The standard InChI is InChI=1S/C44H56O13/c1-23(2)11-13-28(26(7)8)20-42-21-29(15-12-24(3)4)41(9,10)43(39(42)53,18-17-25(5)6)36(50)33(35(42)49)34(48)27-14-16-31(30(45)19-27)57-38(52)37(51)44(56,40(54)55)22-32(46)47/h11-12,14,16-17,19,28-29,37,45,48,51,56H,7,13,15,18,20-22H2,1-6,8-10H3,(H,46,47)(H,54,55)/b34-33-/t28-,29-,37?,42-,43-,44?/m0/s1. The third-order valence-electron chi connectivity index (χ3n) is 11.7. The van der Waals surface area contributed by atoms with Crippen LogP contribution in [0.25, 0.3) is 5.76 Å². The van der Waals surface area contributed by atoms with Crippen LogP contribution < -0.4 is 4.74 Å². The Hall–Kier alpha value is -5.14. The number of ketones is 3. The zero-order chi connectivity index (χ0) is 43.6. The summed E-state index contributed by atoms with van der Waals surface area (Å²) in [6.07, 6.45) is 2.39. The van der Waals surface area contributed by atoms with Crippen molar-refractivity contribution in [1.29, 1.82) is 0 Å². The number of hydrogen-bond acceptors (Lipinski definition) is 11. The number of aromatic hydroxyl groups is 1. The van der Waals surface area contributed by atoms with E-state index in [1.165, 1.54) is 0 Å². The Morgan fingerprint density at radius 1 is 0.930 bits per heavy atom. The molecule has 13 nitrogen and oxygen atoms in total. The zero-order valence-corrected chi connectivity index (χ0v) is 34.2. The number of carbonyl (C=O) groups excluding carboxylic acids is 4. The fraction of sp³-hybridized carbons (Fsp3) is 0.500. The summed E-state index contributed by atoms with van der Waals surface area (Å²) >= 11 is 0. The molecule has 57 heavy (non-hydrogen) atoms. The highest BCUT2D eigenvalue weighted by atomic mass is 16.6. The number of Topliss-reactive ketones (excluding diaryl/α,β-unsaturated/α-hetero) is 3. The molecule has 3 rings (SSSR count). The second kappa shape index (κ2) is 17.2. The van der Waals surface area contributed by atoms with E-state index < -0.39 is 92.5 Å². The predicted molar refractivity (Wildman–Crippen MR) is 211 cm³/mol. The van der Waals surface area contributed by atoms with Crippen molar-refractivity contribution in [3.63, 3.8) is 0 Å². The predicted octanol–water partition coefficient (Wildman–Crippen LogP) is 6.61. The summed E-state index contributed by atoms with van der Waals surface area (Å²) in [5.74, 6) is -11.2. The quantitative estimate of drug-likeness (QED) is 0.0197. The molecule has 13 heteroatoms. The first-order valence-corrected chi connectivity index (χ1v) is 18.7. The molecule has 0 radical (unpaired) electrons. The zero-order valence-electron chi connectivity index (χ0n) is 34.2. The van der Waals surface area contributed by atoms with Gasteiger partial charge in [0.25, 0.3) is 0 Å². The van der Waals surface area contributed by atoms with Crippen molar-refractivity contribution < 1.29 is 64.1 Å². The minimum atomic E-state index is -3.48. The van der Waals surface area contributed by atoms with E-state index in [0.717, 1.165) is 40.5 Å². The Morgan fingerprint density at radius 3 is 2.00 bits per heavy atom. The van der Waals surface area contributed by atoms with Gasteiger partial charge in [0, 0.05) is 5.56 Å². The smallest absolute Gasteiger partial charge is 0.344 e. The molecule has 2 aliphatic rings. The minimum absolute atomic E-state index is 0.0266. The summed E-state index contributed by atoms with van der Waals surface area (Å²) in [5.41, 5.74) is -5.36. The van der Waals surface area contributed by atoms with Gasteiger partial charge in [-0.05, 0) is 116 Å². The number of fused-ring (bicyclic) bond motifs is 2. The molecule has 6 N–H and O–H groups in total. The van der Waals surface area contributed by atoms with Crippen molar-refractivity contribution in [2.75, 3.05) is 0 Å². The van der Waals surface area contributed by atoms with Gasteiger partial charge in [0.05, 0.1) is 11.8 Å². The van der Waals surface area contributed by atoms with Crippen LogP contribution in [-0.2, 0) is 28.8 Å². The maximum Gasteiger partial charge on any atom is 0.344 e. The van der Waals surface area contributed by atoms with E-state index in [4.69, 9.17) is 9.84 Å². The molecule has 0 heterocycles. The number of carbonyl (C=O) groups is 6. The highest BCUT2D eigenvalue weighted by Crippen LogP contribution is 2.66. The maximum absolute atomic E-state index is 15.4. The minimum Gasteiger partial charge on any atom is -0.506 e. The largest absolute Gasteiger partial charge is 0.506 e. The second-order valence-corrected chi connectivity index (χ2v) is 16.9. The van der Waals surface area contributed by atoms with E-state index in [0.29, 0.717) is 12.8 Å². The summed E-state index contributed by atoms with van der Waals surface area (Å²) in [7, 11) is 0. The number of rotatable bonds is 16. The number of carboxylic acid groups (broad SMARTS) is 2. The van der Waals surface area contributed by atoms with Gasteiger partial charge in [-0.1, -0.05) is 60.9 Å². The first-order valence-electron chi connectivity index (χ1n) is 18.7. The third kappa shape index (κ3) is 8.74. The molecule has 2 saturated carbocycles. The molecule has 0 aliphatic heterocycles. The lowest BCUT2D eigenvalue weighted by atomic mass is 9.38. The summed E-state index contributed by atoms with van der Waals surface area (Å²) < 4.78 is 4.90. The molecule has 0 amide bonds. The van der Waals surface area contributed by atoms with Crippen LogP contribution in [0.3, 0.4) is 0 Å². The van der Waals surface area contributed by atoms with E-state index in [2.05, 4.69) is 6.58 Å². The molecular formula is C44H56O13. The van der Waals surface area contributed by atoms with Crippen molar-refractivity contribution >= 4 is 41.0 Å². The van der Waals surface area contributed by atoms with Crippen LogP contribution in [0.15, 0.2) is 70.9 Å². The van der Waals surface area contributed by atoms with Crippen molar-refractivity contribution in [2.45, 2.75) is 113 Å². The van der Waals surface area contributed by atoms with Gasteiger partial charge < -0.3 is 35.4 Å². The van der Waals surface area contributed by atoms with Crippen molar-refractivity contribution in [3.8, 4) is 11.5 Å². The van der Waals surface area contributed by atoms with E-state index in [1.807, 2.05) is 74.5 Å². The molecule has 0 aromatic heterocycles. The number of esters is 1. The second-order valence-electron chi connectivity index (χ2n) is 16.9. The Balaban J connectivity index is 2.33. The highest BCUT2D eigenvalue weighted by molar-refractivity contribution is 6.41. The number of carboxylic acids is 2. The Labute approximate surface area is 333 Å². The van der Waals surface area contributed by atoms with Crippen LogP contribution >= 0.6 is 0 Å². The molecule has 2 fully saturated rings. The maximum atomic E-state index is 15.4. The average Bonchev–Trinajstić information content (AvgIpc) is 3.09. The molecule has 1 aromatic rings. The normalized spacial score (nSPS) is 24.3. The number of benzene rings is 1. The SMILES string of the molecule is C=C(C)[C@@H](CC=C(C)C)C[C@]12C[C@H](CC=C(C)C)C(C)(C)[C@@](CC=C(C)C)(C(=O)/C(=C(\O)c3ccc(OC(=O)C(O)C(O)(CC(=O)O)C(=O)O)c(O)c3)C1=O)C2=O. The molecule has 1 aromatic carbocycles. The van der Waals surface area contributed by atoms with Gasteiger partial charge >= 0.3 is 17.9 Å². The molecular weight excluding hydrogens is 736 g/mol. The van der Waals surface area contributed by atoms with Crippen molar-refractivity contribution in [3.05, 3.63) is 76.4 Å². The molecule has 2 unspecified atom stereocenters. The Morgan fingerprint density at radius 2 is 1.51 bits per heavy atom. The Kier molecular flexibility index (Phi) is 13.9. The summed E-state index contributed by atoms with van der Waals surface area (Å²) in [6.45, 7) is 21.1. The van der Waals surface area contributed by atoms with E-state index in [1.54, 1.807) is 6.08 Å². The Bertz CT molecular complexity index is 1980. The molecule has 2 aliphatic carbocycles. The number of ether oxygens (including phenoxy) is 1. The van der Waals surface area contributed by atoms with Crippen LogP contribution in [0.2, 0.25) is 0 Å². The monoisotopic (exact) mass is 792 g/mol. The topological polar surface area (TPSA) is 233 Å². The molecule has 310 valence electrons. The number of phenolic OH excluding ortho intramolecular Hbond substituents is 1. The number of aliphatic carboxylic acids is 2. The number of hydrogen-bond donors (Lipinski definition) is 6. The lowest BCUT2D eigenvalue weighted by molar-refractivity contribution is -0.186. The summed E-state index contributed by atoms with van der Waals surface area (Å²) in [4.78, 5) is 81.1. The number of allylic oxidation sites excluding steroid dienone is 8. The van der Waals surface area contributed by atoms with Gasteiger partial charge in [-0.3, -0.25) is 19.2 Å². The van der Waals surface area contributed by atoms with E-state index in [-0.39, 0.29) is 36.7 Å². The number of aliphatic hydroxyl groups excluding tert-OH is 2. The average molecular weight is 793 g/mol. The summed E-state index contributed by atoms with van der Waals surface area (Å²) in [6, 6.07) is 2.85. The van der Waals surface area contributed by atoms with Gasteiger partial charge in [0.2, 0.25) is 5.60 Å². The van der Waals surface area contributed by atoms with Gasteiger partial charge in [0.1, 0.15) is 16.7 Å². The summed E-state index contributed by atoms with van der Waals surface area (Å²) in [5, 5.41) is 61.7. The molecule has 6 atom stereocenters. The molecule has 2 bridgehead atoms. The fourth-order valence-electron chi connectivity index (χ4n) is 8.04. The van der Waals surface area contributed by atoms with Crippen LogP contribution in [-0.4, -0.2) is 77.6 Å². The fourth-order valence-corrected chi connectivity index (χ4v) is 8.04. The van der Waals surface area contributed by atoms with Gasteiger partial charge in [-0.2, -0.15) is 0 Å².